The molecular weight excluding hydrogens is 291 g/mol. The van der Waals surface area contributed by atoms with Crippen LogP contribution in [-0.2, 0) is 13.1 Å². The van der Waals surface area contributed by atoms with Gasteiger partial charge in [0.1, 0.15) is 11.6 Å². The first-order chi connectivity index (χ1) is 9.06. The summed E-state index contributed by atoms with van der Waals surface area (Å²) in [6.45, 7) is 0.915. The molecule has 100 valence electrons. The van der Waals surface area contributed by atoms with E-state index in [1.165, 1.54) is 24.3 Å². The van der Waals surface area contributed by atoms with Gasteiger partial charge in [-0.25, -0.2) is 8.78 Å². The van der Waals surface area contributed by atoms with Crippen molar-refractivity contribution in [3.63, 3.8) is 0 Å². The van der Waals surface area contributed by atoms with Gasteiger partial charge in [-0.1, -0.05) is 29.3 Å². The number of halogens is 4. The average molecular weight is 302 g/mol. The van der Waals surface area contributed by atoms with Crippen LogP contribution in [0.1, 0.15) is 11.1 Å². The highest BCUT2D eigenvalue weighted by atomic mass is 35.5. The number of hydrogen-bond donors (Lipinski definition) is 1. The molecule has 0 amide bonds. The van der Waals surface area contributed by atoms with Gasteiger partial charge in [0.25, 0.3) is 0 Å². The van der Waals surface area contributed by atoms with Crippen LogP contribution in [0, 0.1) is 11.6 Å². The van der Waals surface area contributed by atoms with Crippen LogP contribution >= 0.6 is 23.2 Å². The molecule has 0 aliphatic heterocycles. The highest BCUT2D eigenvalue weighted by Gasteiger charge is 2.03. The Labute approximate surface area is 120 Å². The normalized spacial score (nSPS) is 10.7. The molecule has 0 saturated heterocycles. The molecule has 0 heterocycles. The Balaban J connectivity index is 1.96. The van der Waals surface area contributed by atoms with Crippen LogP contribution in [0.2, 0.25) is 10.0 Å². The summed E-state index contributed by atoms with van der Waals surface area (Å²) in [6, 6.07) is 8.72. The molecule has 19 heavy (non-hydrogen) atoms. The van der Waals surface area contributed by atoms with E-state index in [2.05, 4.69) is 5.32 Å². The zero-order valence-electron chi connectivity index (χ0n) is 9.89. The fourth-order valence-corrected chi connectivity index (χ4v) is 2.06. The molecule has 1 N–H and O–H groups in total. The van der Waals surface area contributed by atoms with E-state index in [0.29, 0.717) is 23.7 Å². The lowest BCUT2D eigenvalue weighted by Crippen LogP contribution is -2.13. The predicted molar refractivity (Wildman–Crippen MR) is 73.4 cm³/mol. The van der Waals surface area contributed by atoms with Crippen molar-refractivity contribution in [2.24, 2.45) is 0 Å². The Kier molecular flexibility index (Phi) is 4.75. The third-order valence-corrected chi connectivity index (χ3v) is 3.29. The molecule has 0 aliphatic rings. The van der Waals surface area contributed by atoms with Gasteiger partial charge in [0.05, 0.1) is 5.02 Å². The summed E-state index contributed by atoms with van der Waals surface area (Å²) >= 11 is 11.6. The quantitative estimate of drug-likeness (QED) is 0.873. The van der Waals surface area contributed by atoms with Gasteiger partial charge < -0.3 is 5.32 Å². The highest BCUT2D eigenvalue weighted by Crippen LogP contribution is 2.18. The Morgan fingerprint density at radius 1 is 0.895 bits per heavy atom. The maximum Gasteiger partial charge on any atom is 0.141 e. The van der Waals surface area contributed by atoms with E-state index in [9.17, 15) is 8.78 Å². The standard InChI is InChI=1S/C14H11Cl2F2N/c15-12-3-2-11(17)6-10(12)8-19-7-9-1-4-14(18)13(16)5-9/h1-6,19H,7-8H2. The van der Waals surface area contributed by atoms with Crippen LogP contribution in [-0.4, -0.2) is 0 Å². The van der Waals surface area contributed by atoms with Crippen LogP contribution in [0.15, 0.2) is 36.4 Å². The van der Waals surface area contributed by atoms with Crippen LogP contribution in [0.4, 0.5) is 8.78 Å². The summed E-state index contributed by atoms with van der Waals surface area (Å²) in [5.41, 5.74) is 1.52. The first-order valence-corrected chi connectivity index (χ1v) is 6.40. The summed E-state index contributed by atoms with van der Waals surface area (Å²) in [7, 11) is 0. The van der Waals surface area contributed by atoms with Gasteiger partial charge in [0.2, 0.25) is 0 Å². The largest absolute Gasteiger partial charge is 0.309 e. The zero-order chi connectivity index (χ0) is 13.8. The molecule has 0 atom stereocenters. The second-order valence-electron chi connectivity index (χ2n) is 4.09. The Bertz CT molecular complexity index is 588. The highest BCUT2D eigenvalue weighted by molar-refractivity contribution is 6.31. The van der Waals surface area contributed by atoms with Crippen LogP contribution in [0.3, 0.4) is 0 Å². The summed E-state index contributed by atoms with van der Waals surface area (Å²) in [6.07, 6.45) is 0. The van der Waals surface area contributed by atoms with E-state index >= 15 is 0 Å². The third-order valence-electron chi connectivity index (χ3n) is 2.64. The first kappa shape index (κ1) is 14.3. The molecule has 2 aromatic carbocycles. The van der Waals surface area contributed by atoms with E-state index in [0.717, 1.165) is 5.56 Å². The lowest BCUT2D eigenvalue weighted by molar-refractivity contribution is 0.618. The molecule has 0 saturated carbocycles. The lowest BCUT2D eigenvalue weighted by Gasteiger charge is -2.07. The second kappa shape index (κ2) is 6.33. The first-order valence-electron chi connectivity index (χ1n) is 5.65. The fourth-order valence-electron chi connectivity index (χ4n) is 1.67. The maximum absolute atomic E-state index is 13.0. The van der Waals surface area contributed by atoms with E-state index in [4.69, 9.17) is 23.2 Å². The molecule has 0 fully saturated rings. The van der Waals surface area contributed by atoms with Gasteiger partial charge in [-0.2, -0.15) is 0 Å². The van der Waals surface area contributed by atoms with Gasteiger partial charge >= 0.3 is 0 Å². The molecule has 0 spiro atoms. The van der Waals surface area contributed by atoms with E-state index in [-0.39, 0.29) is 10.8 Å². The van der Waals surface area contributed by atoms with Gasteiger partial charge in [-0.05, 0) is 41.5 Å². The average Bonchev–Trinajstić information content (AvgIpc) is 2.38. The summed E-state index contributed by atoms with van der Waals surface area (Å²) in [5, 5.41) is 3.69. The number of nitrogens with one attached hydrogen (secondary N) is 1. The van der Waals surface area contributed by atoms with Crippen LogP contribution in [0.5, 0.6) is 0 Å². The summed E-state index contributed by atoms with van der Waals surface area (Å²) in [5.74, 6) is -0.774. The van der Waals surface area contributed by atoms with Crippen LogP contribution in [0.25, 0.3) is 0 Å². The Hall–Kier alpha value is -1.16. The SMILES string of the molecule is Fc1ccc(Cl)c(CNCc2ccc(F)c(Cl)c2)c1. The molecule has 5 heteroatoms. The summed E-state index contributed by atoms with van der Waals surface area (Å²) in [4.78, 5) is 0. The minimum atomic E-state index is -0.446. The smallest absolute Gasteiger partial charge is 0.141 e. The summed E-state index contributed by atoms with van der Waals surface area (Å²) < 4.78 is 26.0. The predicted octanol–water partition coefficient (Wildman–Crippen LogP) is 4.56. The molecule has 0 radical (unpaired) electrons. The zero-order valence-corrected chi connectivity index (χ0v) is 11.4. The van der Waals surface area contributed by atoms with Crippen molar-refractivity contribution in [2.75, 3.05) is 0 Å². The molecule has 0 unspecified atom stereocenters. The van der Waals surface area contributed by atoms with E-state index in [1.54, 1.807) is 12.1 Å². The molecular formula is C14H11Cl2F2N. The molecule has 0 aromatic heterocycles. The van der Waals surface area contributed by atoms with E-state index in [1.807, 2.05) is 0 Å². The number of hydrogen-bond acceptors (Lipinski definition) is 1. The monoisotopic (exact) mass is 301 g/mol. The van der Waals surface area contributed by atoms with Gasteiger partial charge in [0, 0.05) is 18.1 Å². The van der Waals surface area contributed by atoms with Gasteiger partial charge in [-0.15, -0.1) is 0 Å². The number of rotatable bonds is 4. The fraction of sp³-hybridized carbons (Fsp3) is 0.143. The topological polar surface area (TPSA) is 12.0 Å². The molecule has 2 aromatic rings. The van der Waals surface area contributed by atoms with Gasteiger partial charge in [0.15, 0.2) is 0 Å². The molecule has 2 rings (SSSR count). The molecule has 0 aliphatic carbocycles. The van der Waals surface area contributed by atoms with Crippen molar-refractivity contribution in [1.82, 2.24) is 5.32 Å². The van der Waals surface area contributed by atoms with Crippen molar-refractivity contribution in [3.05, 3.63) is 69.2 Å². The van der Waals surface area contributed by atoms with E-state index < -0.39 is 5.82 Å². The Morgan fingerprint density at radius 3 is 2.42 bits per heavy atom. The number of benzene rings is 2. The van der Waals surface area contributed by atoms with Crippen molar-refractivity contribution < 1.29 is 8.78 Å². The van der Waals surface area contributed by atoms with Crippen molar-refractivity contribution in [3.8, 4) is 0 Å². The van der Waals surface area contributed by atoms with Crippen molar-refractivity contribution >= 4 is 23.2 Å². The Morgan fingerprint density at radius 2 is 1.68 bits per heavy atom. The van der Waals surface area contributed by atoms with Crippen LogP contribution < -0.4 is 5.32 Å². The second-order valence-corrected chi connectivity index (χ2v) is 4.90. The lowest BCUT2D eigenvalue weighted by atomic mass is 10.2. The van der Waals surface area contributed by atoms with Crippen molar-refractivity contribution in [2.45, 2.75) is 13.1 Å². The molecule has 0 bridgehead atoms. The maximum atomic E-state index is 13.0. The van der Waals surface area contributed by atoms with Crippen molar-refractivity contribution in [1.29, 1.82) is 0 Å². The minimum Gasteiger partial charge on any atom is -0.309 e. The van der Waals surface area contributed by atoms with Gasteiger partial charge in [-0.3, -0.25) is 0 Å². The minimum absolute atomic E-state index is 0.0862. The third kappa shape index (κ3) is 3.90. The molecule has 1 nitrogen and oxygen atoms in total.